The van der Waals surface area contributed by atoms with Crippen LogP contribution in [-0.4, -0.2) is 50.3 Å². The molecule has 1 aliphatic rings. The van der Waals surface area contributed by atoms with E-state index in [9.17, 15) is 13.2 Å². The molecule has 0 bridgehead atoms. The van der Waals surface area contributed by atoms with Crippen molar-refractivity contribution in [3.8, 4) is 0 Å². The summed E-state index contributed by atoms with van der Waals surface area (Å²) in [7, 11) is -3.63. The molecule has 7 nitrogen and oxygen atoms in total. The summed E-state index contributed by atoms with van der Waals surface area (Å²) in [5.41, 5.74) is 5.21. The lowest BCUT2D eigenvalue weighted by Crippen LogP contribution is -2.47. The second-order valence-electron chi connectivity index (χ2n) is 7.49. The van der Waals surface area contributed by atoms with Gasteiger partial charge >= 0.3 is 0 Å². The monoisotopic (exact) mass is 428 g/mol. The highest BCUT2D eigenvalue weighted by Crippen LogP contribution is 2.20. The van der Waals surface area contributed by atoms with E-state index in [2.05, 4.69) is 27.6 Å². The zero-order valence-electron chi connectivity index (χ0n) is 17.4. The summed E-state index contributed by atoms with van der Waals surface area (Å²) in [6, 6.07) is 18.0. The highest BCUT2D eigenvalue weighted by atomic mass is 32.2. The fraction of sp³-hybridized carbons (Fsp3) is 0.364. The number of benzene rings is 2. The third-order valence-electron chi connectivity index (χ3n) is 5.11. The van der Waals surface area contributed by atoms with E-state index in [1.165, 1.54) is 5.56 Å². The molecule has 0 aromatic heterocycles. The van der Waals surface area contributed by atoms with E-state index in [-0.39, 0.29) is 0 Å². The van der Waals surface area contributed by atoms with Gasteiger partial charge in [0, 0.05) is 38.2 Å². The Balaban J connectivity index is 1.57. The molecule has 0 radical (unpaired) electrons. The second kappa shape index (κ2) is 9.86. The average Bonchev–Trinajstić information content (AvgIpc) is 2.73. The normalized spacial score (nSPS) is 16.0. The van der Waals surface area contributed by atoms with Gasteiger partial charge < -0.3 is 0 Å². The minimum atomic E-state index is -3.63. The largest absolute Gasteiger partial charge is 0.298 e. The number of piperidine rings is 1. The summed E-state index contributed by atoms with van der Waals surface area (Å²) in [6.07, 6.45) is 2.64. The molecule has 160 valence electrons. The Hall–Kier alpha value is -2.71. The maximum atomic E-state index is 12.6. The van der Waals surface area contributed by atoms with Crippen molar-refractivity contribution in [1.82, 2.24) is 10.3 Å². The van der Waals surface area contributed by atoms with Gasteiger partial charge in [0.15, 0.2) is 0 Å². The lowest BCUT2D eigenvalue weighted by Gasteiger charge is -2.29. The van der Waals surface area contributed by atoms with Crippen molar-refractivity contribution in [3.63, 3.8) is 0 Å². The number of nitrogens with one attached hydrogen (secondary N) is 1. The number of para-hydroxylation sites is 1. The van der Waals surface area contributed by atoms with E-state index in [0.717, 1.165) is 48.7 Å². The van der Waals surface area contributed by atoms with Gasteiger partial charge in [-0.15, -0.1) is 0 Å². The smallest absolute Gasteiger partial charge is 0.263 e. The SMILES string of the molecule is C[C@@H](C(=O)NN=C1CCN(Cc2ccccc2)CC1)N(c1ccccc1)S(C)(=O)=O. The molecular formula is C22H28N4O3S. The molecule has 1 aliphatic heterocycles. The van der Waals surface area contributed by atoms with Gasteiger partial charge in [-0.2, -0.15) is 5.10 Å². The maximum absolute atomic E-state index is 12.6. The molecule has 0 aliphatic carbocycles. The van der Waals surface area contributed by atoms with Crippen LogP contribution in [0.15, 0.2) is 65.8 Å². The van der Waals surface area contributed by atoms with Crippen molar-refractivity contribution >= 4 is 27.3 Å². The van der Waals surface area contributed by atoms with Crippen LogP contribution >= 0.6 is 0 Å². The van der Waals surface area contributed by atoms with Gasteiger partial charge in [-0.05, 0) is 24.6 Å². The summed E-state index contributed by atoms with van der Waals surface area (Å²) in [5.74, 6) is -0.455. The third kappa shape index (κ3) is 5.90. The Kier molecular flexibility index (Phi) is 7.23. The topological polar surface area (TPSA) is 82.1 Å². The Morgan fingerprint density at radius 3 is 2.20 bits per heavy atom. The number of carbonyl (C=O) groups is 1. The van der Waals surface area contributed by atoms with E-state index in [1.807, 2.05) is 18.2 Å². The summed E-state index contributed by atoms with van der Waals surface area (Å²) in [5, 5.41) is 4.27. The highest BCUT2D eigenvalue weighted by molar-refractivity contribution is 7.92. The van der Waals surface area contributed by atoms with E-state index in [0.29, 0.717) is 5.69 Å². The number of rotatable bonds is 7. The molecule has 1 heterocycles. The Morgan fingerprint density at radius 1 is 1.07 bits per heavy atom. The first-order valence-electron chi connectivity index (χ1n) is 10.0. The number of amides is 1. The molecule has 3 rings (SSSR count). The van der Waals surface area contributed by atoms with E-state index in [1.54, 1.807) is 37.3 Å². The summed E-state index contributed by atoms with van der Waals surface area (Å²) in [4.78, 5) is 15.0. The van der Waals surface area contributed by atoms with E-state index >= 15 is 0 Å². The van der Waals surface area contributed by atoms with Crippen molar-refractivity contribution in [2.45, 2.75) is 32.4 Å². The first kappa shape index (κ1) is 22.0. The number of hydrazone groups is 1. The number of carbonyl (C=O) groups excluding carboxylic acids is 1. The zero-order valence-corrected chi connectivity index (χ0v) is 18.2. The molecule has 0 spiro atoms. The van der Waals surface area contributed by atoms with E-state index < -0.39 is 22.0 Å². The van der Waals surface area contributed by atoms with Crippen LogP contribution in [0.3, 0.4) is 0 Å². The number of anilines is 1. The van der Waals surface area contributed by atoms with Crippen LogP contribution in [-0.2, 0) is 21.4 Å². The Bertz CT molecular complexity index is 968. The van der Waals surface area contributed by atoms with Crippen LogP contribution < -0.4 is 9.73 Å². The van der Waals surface area contributed by atoms with Gasteiger partial charge in [0.25, 0.3) is 5.91 Å². The fourth-order valence-electron chi connectivity index (χ4n) is 3.53. The van der Waals surface area contributed by atoms with Crippen molar-refractivity contribution in [3.05, 3.63) is 66.2 Å². The number of nitrogens with zero attached hydrogens (tertiary/aromatic N) is 3. The van der Waals surface area contributed by atoms with Gasteiger partial charge in [-0.1, -0.05) is 48.5 Å². The highest BCUT2D eigenvalue weighted by Gasteiger charge is 2.29. The molecule has 8 heteroatoms. The first-order valence-corrected chi connectivity index (χ1v) is 11.9. The molecule has 1 amide bonds. The van der Waals surface area contributed by atoms with Crippen molar-refractivity contribution in [2.24, 2.45) is 5.10 Å². The first-order chi connectivity index (χ1) is 14.3. The van der Waals surface area contributed by atoms with Crippen molar-refractivity contribution in [2.75, 3.05) is 23.7 Å². The summed E-state index contributed by atoms with van der Waals surface area (Å²) >= 11 is 0. The molecule has 2 aromatic rings. The predicted octanol–water partition coefficient (Wildman–Crippen LogP) is 2.61. The van der Waals surface area contributed by atoms with Crippen LogP contribution in [0.4, 0.5) is 5.69 Å². The summed E-state index contributed by atoms with van der Waals surface area (Å²) < 4.78 is 25.7. The van der Waals surface area contributed by atoms with Crippen LogP contribution in [0.2, 0.25) is 0 Å². The Morgan fingerprint density at radius 2 is 1.63 bits per heavy atom. The van der Waals surface area contributed by atoms with E-state index in [4.69, 9.17) is 0 Å². The Labute approximate surface area is 178 Å². The number of hydrogen-bond acceptors (Lipinski definition) is 5. The molecule has 1 N–H and O–H groups in total. The number of hydrogen-bond donors (Lipinski definition) is 1. The summed E-state index contributed by atoms with van der Waals surface area (Å²) in [6.45, 7) is 4.21. The predicted molar refractivity (Wildman–Crippen MR) is 120 cm³/mol. The lowest BCUT2D eigenvalue weighted by molar-refractivity contribution is -0.121. The molecular weight excluding hydrogens is 400 g/mol. The molecule has 1 fully saturated rings. The molecule has 1 saturated heterocycles. The molecule has 2 aromatic carbocycles. The van der Waals surface area contributed by atoms with Crippen LogP contribution in [0.1, 0.15) is 25.3 Å². The molecule has 0 unspecified atom stereocenters. The third-order valence-corrected chi connectivity index (χ3v) is 6.35. The second-order valence-corrected chi connectivity index (χ2v) is 9.35. The minimum absolute atomic E-state index is 0.449. The van der Waals surface area contributed by atoms with Crippen LogP contribution in [0.25, 0.3) is 0 Å². The minimum Gasteiger partial charge on any atom is -0.298 e. The molecule has 1 atom stereocenters. The average molecular weight is 429 g/mol. The fourth-order valence-corrected chi connectivity index (χ4v) is 4.71. The van der Waals surface area contributed by atoms with Crippen molar-refractivity contribution in [1.29, 1.82) is 0 Å². The van der Waals surface area contributed by atoms with Gasteiger partial charge in [0.2, 0.25) is 10.0 Å². The molecule has 0 saturated carbocycles. The quantitative estimate of drug-likeness (QED) is 0.688. The van der Waals surface area contributed by atoms with Gasteiger partial charge in [-0.25, -0.2) is 13.8 Å². The van der Waals surface area contributed by atoms with Crippen LogP contribution in [0, 0.1) is 0 Å². The zero-order chi connectivity index (χ0) is 21.6. The van der Waals surface area contributed by atoms with Gasteiger partial charge in [0.1, 0.15) is 6.04 Å². The standard InChI is InChI=1S/C22H28N4O3S/c1-18(26(30(2,28)29)21-11-7-4-8-12-21)22(27)24-23-20-13-15-25(16-14-20)17-19-9-5-3-6-10-19/h3-12,18H,13-17H2,1-2H3,(H,24,27)/t18-/m0/s1. The lowest BCUT2D eigenvalue weighted by atomic mass is 10.1. The van der Waals surface area contributed by atoms with Crippen molar-refractivity contribution < 1.29 is 13.2 Å². The maximum Gasteiger partial charge on any atom is 0.263 e. The molecule has 30 heavy (non-hydrogen) atoms. The van der Waals surface area contributed by atoms with Crippen LogP contribution in [0.5, 0.6) is 0 Å². The van der Waals surface area contributed by atoms with Gasteiger partial charge in [0.05, 0.1) is 11.9 Å². The van der Waals surface area contributed by atoms with Gasteiger partial charge in [-0.3, -0.25) is 14.0 Å². The number of sulfonamides is 1. The number of likely N-dealkylation sites (tertiary alicyclic amines) is 1.